The van der Waals surface area contributed by atoms with Crippen LogP contribution in [0.2, 0.25) is 37.8 Å². The van der Waals surface area contributed by atoms with Crippen LogP contribution in [0.15, 0.2) is 0 Å². The first kappa shape index (κ1) is 14.6. The number of hydrogen-bond acceptors (Lipinski definition) is 2. The van der Waals surface area contributed by atoms with Crippen LogP contribution in [0.1, 0.15) is 20.8 Å². The maximum absolute atomic E-state index is 5.95. The Bertz CT molecular complexity index is 179. The largest absolute Gasteiger partial charge is 0.435 e. The summed E-state index contributed by atoms with van der Waals surface area (Å²) in [7, 11) is -2.77. The van der Waals surface area contributed by atoms with Crippen LogP contribution in [0.5, 0.6) is 0 Å². The van der Waals surface area contributed by atoms with Gasteiger partial charge in [0.25, 0.3) is 0 Å². The van der Waals surface area contributed by atoms with Crippen molar-refractivity contribution in [2.75, 3.05) is 0 Å². The molecular formula is C9H24O2Si3. The predicted octanol–water partition coefficient (Wildman–Crippen LogP) is 3.39. The topological polar surface area (TPSA) is 18.5 Å². The summed E-state index contributed by atoms with van der Waals surface area (Å²) in [6, 6.07) is 0. The van der Waals surface area contributed by atoms with Gasteiger partial charge in [0.1, 0.15) is 0 Å². The van der Waals surface area contributed by atoms with Crippen molar-refractivity contribution in [2.24, 2.45) is 0 Å². The van der Waals surface area contributed by atoms with E-state index >= 15 is 0 Å². The van der Waals surface area contributed by atoms with E-state index in [-0.39, 0.29) is 15.0 Å². The Labute approximate surface area is 93.7 Å². The lowest BCUT2D eigenvalue weighted by molar-refractivity contribution is 0.428. The van der Waals surface area contributed by atoms with Crippen molar-refractivity contribution >= 4 is 26.6 Å². The molecule has 0 aliphatic carbocycles. The molecule has 0 rings (SSSR count). The minimum atomic E-state index is -1.60. The van der Waals surface area contributed by atoms with E-state index < -0.39 is 16.6 Å². The Morgan fingerprint density at radius 2 is 1.29 bits per heavy atom. The highest BCUT2D eigenvalue weighted by Crippen LogP contribution is 2.36. The first-order chi connectivity index (χ1) is 5.96. The van der Waals surface area contributed by atoms with E-state index in [0.29, 0.717) is 0 Å². The van der Waals surface area contributed by atoms with E-state index in [1.165, 1.54) is 0 Å². The highest BCUT2D eigenvalue weighted by Gasteiger charge is 2.37. The molecule has 0 heterocycles. The fourth-order valence-electron chi connectivity index (χ4n) is 0.403. The highest BCUT2D eigenvalue weighted by molar-refractivity contribution is 6.79. The van der Waals surface area contributed by atoms with Crippen LogP contribution >= 0.6 is 0 Å². The molecule has 0 atom stereocenters. The van der Waals surface area contributed by atoms with E-state index in [0.717, 1.165) is 0 Å². The molecule has 0 N–H and O–H groups in total. The zero-order valence-corrected chi connectivity index (χ0v) is 13.8. The molecule has 0 unspecified atom stereocenters. The van der Waals surface area contributed by atoms with E-state index in [1.807, 2.05) is 0 Å². The lowest BCUT2D eigenvalue weighted by Crippen LogP contribution is -2.44. The minimum Gasteiger partial charge on any atom is -0.435 e. The SMILES string of the molecule is CC(C)(C)[Si](C)(C)O[Si]O[Si](C)(C)C. The normalized spacial score (nSPS) is 14.6. The predicted molar refractivity (Wildman–Crippen MR) is 68.5 cm³/mol. The Balaban J connectivity index is 4.02. The molecule has 0 fully saturated rings. The average Bonchev–Trinajstić information content (AvgIpc) is 1.80. The second-order valence-corrected chi connectivity index (χ2v) is 16.7. The van der Waals surface area contributed by atoms with Crippen molar-refractivity contribution in [3.05, 3.63) is 0 Å². The maximum atomic E-state index is 5.95. The van der Waals surface area contributed by atoms with Crippen LogP contribution in [-0.4, -0.2) is 26.6 Å². The first-order valence-electron chi connectivity index (χ1n) is 5.07. The molecule has 0 aliphatic heterocycles. The van der Waals surface area contributed by atoms with Crippen LogP contribution in [0.3, 0.4) is 0 Å². The molecule has 0 amide bonds. The number of rotatable bonds is 4. The van der Waals surface area contributed by atoms with Gasteiger partial charge in [0, 0.05) is 0 Å². The van der Waals surface area contributed by atoms with Gasteiger partial charge in [-0.15, -0.1) is 0 Å². The zero-order valence-electron chi connectivity index (χ0n) is 10.8. The van der Waals surface area contributed by atoms with Gasteiger partial charge in [-0.3, -0.25) is 0 Å². The molecule has 2 radical (unpaired) electrons. The van der Waals surface area contributed by atoms with Gasteiger partial charge in [-0.05, 0) is 37.8 Å². The van der Waals surface area contributed by atoms with E-state index in [2.05, 4.69) is 53.5 Å². The standard InChI is InChI=1S/C9H24O2Si3/c1-9(2,3)14(7,8)11-12-10-13(4,5)6/h1-8H3. The lowest BCUT2D eigenvalue weighted by atomic mass is 10.2. The van der Waals surface area contributed by atoms with Crippen LogP contribution in [-0.2, 0) is 8.23 Å². The van der Waals surface area contributed by atoms with E-state index in [1.54, 1.807) is 0 Å². The average molecular weight is 249 g/mol. The molecule has 14 heavy (non-hydrogen) atoms. The zero-order chi connectivity index (χ0) is 11.6. The van der Waals surface area contributed by atoms with Gasteiger partial charge in [-0.2, -0.15) is 0 Å². The van der Waals surface area contributed by atoms with Crippen LogP contribution < -0.4 is 0 Å². The third-order valence-corrected chi connectivity index (χ3v) is 11.2. The Morgan fingerprint density at radius 1 is 0.857 bits per heavy atom. The van der Waals surface area contributed by atoms with Gasteiger partial charge < -0.3 is 8.23 Å². The molecule has 0 bridgehead atoms. The van der Waals surface area contributed by atoms with Gasteiger partial charge in [0.15, 0.2) is 16.6 Å². The fourth-order valence-corrected chi connectivity index (χ4v) is 4.00. The van der Waals surface area contributed by atoms with Gasteiger partial charge in [0.2, 0.25) is 0 Å². The summed E-state index contributed by atoms with van der Waals surface area (Å²) < 4.78 is 11.7. The Kier molecular flexibility index (Phi) is 4.80. The molecule has 0 aromatic rings. The smallest absolute Gasteiger partial charge is 0.410 e. The molecule has 84 valence electrons. The first-order valence-corrected chi connectivity index (χ1v) is 12.2. The second kappa shape index (κ2) is 4.61. The van der Waals surface area contributed by atoms with E-state index in [9.17, 15) is 0 Å². The van der Waals surface area contributed by atoms with Gasteiger partial charge in [-0.1, -0.05) is 20.8 Å². The van der Waals surface area contributed by atoms with Crippen molar-refractivity contribution in [2.45, 2.75) is 58.5 Å². The third-order valence-electron chi connectivity index (χ3n) is 2.45. The molecular weight excluding hydrogens is 224 g/mol. The van der Waals surface area contributed by atoms with Crippen LogP contribution in [0, 0.1) is 0 Å². The molecule has 0 aromatic carbocycles. The summed E-state index contributed by atoms with van der Waals surface area (Å²) in [6.45, 7) is 17.8. The summed E-state index contributed by atoms with van der Waals surface area (Å²) in [6.07, 6.45) is 0. The van der Waals surface area contributed by atoms with Crippen LogP contribution in [0.25, 0.3) is 0 Å². The van der Waals surface area contributed by atoms with Gasteiger partial charge >= 0.3 is 10.0 Å². The molecule has 2 nitrogen and oxygen atoms in total. The molecule has 0 saturated carbocycles. The summed E-state index contributed by atoms with van der Waals surface area (Å²) in [5, 5.41) is 0.281. The number of hydrogen-bond donors (Lipinski definition) is 0. The summed E-state index contributed by atoms with van der Waals surface area (Å²) in [5.41, 5.74) is 0. The quantitative estimate of drug-likeness (QED) is 0.710. The minimum absolute atomic E-state index is 0.232. The monoisotopic (exact) mass is 248 g/mol. The van der Waals surface area contributed by atoms with Gasteiger partial charge in [0.05, 0.1) is 0 Å². The van der Waals surface area contributed by atoms with Crippen LogP contribution in [0.4, 0.5) is 0 Å². The summed E-state index contributed by atoms with van der Waals surface area (Å²) in [4.78, 5) is 0. The third kappa shape index (κ3) is 5.45. The van der Waals surface area contributed by atoms with Crippen molar-refractivity contribution in [1.82, 2.24) is 0 Å². The Hall–Kier alpha value is 0.571. The van der Waals surface area contributed by atoms with Gasteiger partial charge in [-0.25, -0.2) is 0 Å². The molecule has 5 heteroatoms. The second-order valence-electron chi connectivity index (χ2n) is 6.16. The molecule has 0 aliphatic rings. The van der Waals surface area contributed by atoms with Crippen molar-refractivity contribution in [1.29, 1.82) is 0 Å². The molecule has 0 saturated heterocycles. The Morgan fingerprint density at radius 3 is 1.57 bits per heavy atom. The molecule has 0 aromatic heterocycles. The lowest BCUT2D eigenvalue weighted by Gasteiger charge is -2.36. The highest BCUT2D eigenvalue weighted by atomic mass is 28.4. The van der Waals surface area contributed by atoms with Crippen molar-refractivity contribution < 1.29 is 8.23 Å². The van der Waals surface area contributed by atoms with E-state index in [4.69, 9.17) is 8.23 Å². The van der Waals surface area contributed by atoms with Crippen molar-refractivity contribution in [3.8, 4) is 0 Å². The summed E-state index contributed by atoms with van der Waals surface area (Å²) >= 11 is 0. The van der Waals surface area contributed by atoms with Crippen molar-refractivity contribution in [3.63, 3.8) is 0 Å². The molecule has 0 spiro atoms. The fraction of sp³-hybridized carbons (Fsp3) is 1.00. The maximum Gasteiger partial charge on any atom is 0.410 e. The summed E-state index contributed by atoms with van der Waals surface area (Å²) in [5.74, 6) is 0.